The molecule has 5 nitrogen and oxygen atoms in total. The van der Waals surface area contributed by atoms with Crippen LogP contribution >= 0.6 is 0 Å². The van der Waals surface area contributed by atoms with Gasteiger partial charge < -0.3 is 20.5 Å². The van der Waals surface area contributed by atoms with Crippen molar-refractivity contribution in [3.8, 4) is 0 Å². The Bertz CT molecular complexity index is 458. The predicted octanol–water partition coefficient (Wildman–Crippen LogP) is 1.83. The molecule has 1 fully saturated rings. The van der Waals surface area contributed by atoms with E-state index in [4.69, 9.17) is 15.6 Å². The third kappa shape index (κ3) is 3.86. The van der Waals surface area contributed by atoms with Gasteiger partial charge in [-0.2, -0.15) is 0 Å². The third-order valence-electron chi connectivity index (χ3n) is 3.31. The number of hydrogen-bond acceptors (Lipinski definition) is 4. The summed E-state index contributed by atoms with van der Waals surface area (Å²) in [5.41, 5.74) is 7.39. The van der Waals surface area contributed by atoms with Gasteiger partial charge in [0.2, 0.25) is 0 Å². The lowest BCUT2D eigenvalue weighted by atomic mass is 10.1. The van der Waals surface area contributed by atoms with Gasteiger partial charge in [-0.3, -0.25) is 0 Å². The number of nitrogens with zero attached hydrogens (tertiary/aromatic N) is 1. The molecule has 5 heteroatoms. The Morgan fingerprint density at radius 2 is 2.26 bits per heavy atom. The van der Waals surface area contributed by atoms with Crippen LogP contribution in [0.3, 0.4) is 0 Å². The van der Waals surface area contributed by atoms with E-state index in [0.29, 0.717) is 12.3 Å². The topological polar surface area (TPSA) is 75.8 Å². The average molecular weight is 264 g/mol. The maximum atomic E-state index is 10.8. The van der Waals surface area contributed by atoms with Crippen LogP contribution < -0.4 is 10.6 Å². The second kappa shape index (κ2) is 5.93. The van der Waals surface area contributed by atoms with E-state index in [9.17, 15) is 4.79 Å². The number of benzene rings is 1. The lowest BCUT2D eigenvalue weighted by Gasteiger charge is -2.21. The quantitative estimate of drug-likeness (QED) is 0.580. The summed E-state index contributed by atoms with van der Waals surface area (Å²) in [5.74, 6) is -0.195. The summed E-state index contributed by atoms with van der Waals surface area (Å²) >= 11 is 0. The molecule has 1 aliphatic carbocycles. The van der Waals surface area contributed by atoms with Gasteiger partial charge in [-0.15, -0.1) is 0 Å². The average Bonchev–Trinajstić information content (AvgIpc) is 3.18. The molecule has 104 valence electrons. The Morgan fingerprint density at radius 3 is 2.84 bits per heavy atom. The first kappa shape index (κ1) is 13.7. The van der Waals surface area contributed by atoms with Gasteiger partial charge in [0, 0.05) is 20.2 Å². The minimum absolute atomic E-state index is 0.208. The molecule has 0 aromatic heterocycles. The molecular formula is C14H20N2O3. The standard InChI is InChI=1S/C14H20N2O3/c1-16(6-7-19-9-10-2-3-10)13-5-4-11(14(17)18)8-12(13)15/h4-5,8,10H,2-3,6-7,9,15H2,1H3,(H,17,18). The Kier molecular flexibility index (Phi) is 4.27. The molecule has 1 aromatic carbocycles. The summed E-state index contributed by atoms with van der Waals surface area (Å²) in [7, 11) is 1.92. The number of nitrogens with two attached hydrogens (primary N) is 1. The first-order chi connectivity index (χ1) is 9.08. The molecule has 1 aliphatic rings. The van der Waals surface area contributed by atoms with Gasteiger partial charge in [0.25, 0.3) is 0 Å². The highest BCUT2D eigenvalue weighted by Crippen LogP contribution is 2.28. The van der Waals surface area contributed by atoms with Gasteiger partial charge in [0.1, 0.15) is 0 Å². The molecule has 0 bridgehead atoms. The van der Waals surface area contributed by atoms with Crippen LogP contribution in [-0.2, 0) is 4.74 Å². The van der Waals surface area contributed by atoms with Crippen molar-refractivity contribution in [2.75, 3.05) is 37.4 Å². The van der Waals surface area contributed by atoms with Crippen LogP contribution in [0.15, 0.2) is 18.2 Å². The molecule has 19 heavy (non-hydrogen) atoms. The van der Waals surface area contributed by atoms with Crippen LogP contribution in [0.25, 0.3) is 0 Å². The Labute approximate surface area is 113 Å². The van der Waals surface area contributed by atoms with Crippen LogP contribution in [0.2, 0.25) is 0 Å². The number of likely N-dealkylation sites (N-methyl/N-ethyl adjacent to an activating group) is 1. The fraction of sp³-hybridized carbons (Fsp3) is 0.500. The Balaban J connectivity index is 1.86. The second-order valence-corrected chi connectivity index (χ2v) is 5.02. The molecule has 0 aliphatic heterocycles. The third-order valence-corrected chi connectivity index (χ3v) is 3.31. The number of ether oxygens (including phenoxy) is 1. The highest BCUT2D eigenvalue weighted by Gasteiger charge is 2.21. The van der Waals surface area contributed by atoms with Gasteiger partial charge in [0.05, 0.1) is 23.5 Å². The zero-order valence-electron chi connectivity index (χ0n) is 11.1. The van der Waals surface area contributed by atoms with Crippen LogP contribution in [0, 0.1) is 5.92 Å². The fourth-order valence-electron chi connectivity index (χ4n) is 1.89. The molecule has 0 spiro atoms. The summed E-state index contributed by atoms with van der Waals surface area (Å²) in [6.07, 6.45) is 2.58. The van der Waals surface area contributed by atoms with Crippen molar-refractivity contribution >= 4 is 17.3 Å². The lowest BCUT2D eigenvalue weighted by Crippen LogP contribution is -2.24. The van der Waals surface area contributed by atoms with Crippen molar-refractivity contribution in [3.63, 3.8) is 0 Å². The first-order valence-electron chi connectivity index (χ1n) is 6.49. The minimum Gasteiger partial charge on any atom is -0.478 e. The molecule has 0 radical (unpaired) electrons. The Morgan fingerprint density at radius 1 is 1.53 bits per heavy atom. The SMILES string of the molecule is CN(CCOCC1CC1)c1ccc(C(=O)O)cc1N. The highest BCUT2D eigenvalue weighted by molar-refractivity contribution is 5.90. The van der Waals surface area contributed by atoms with Gasteiger partial charge in [-0.25, -0.2) is 4.79 Å². The Hall–Kier alpha value is -1.75. The fourth-order valence-corrected chi connectivity index (χ4v) is 1.89. The maximum Gasteiger partial charge on any atom is 0.335 e. The van der Waals surface area contributed by atoms with E-state index in [2.05, 4.69) is 0 Å². The molecule has 1 aromatic rings. The van der Waals surface area contributed by atoms with Crippen LogP contribution in [0.4, 0.5) is 11.4 Å². The van der Waals surface area contributed by atoms with Crippen LogP contribution in [-0.4, -0.2) is 37.9 Å². The molecule has 2 rings (SSSR count). The monoisotopic (exact) mass is 264 g/mol. The highest BCUT2D eigenvalue weighted by atomic mass is 16.5. The van der Waals surface area contributed by atoms with Gasteiger partial charge >= 0.3 is 5.97 Å². The minimum atomic E-state index is -0.964. The summed E-state index contributed by atoms with van der Waals surface area (Å²) in [6, 6.07) is 4.79. The number of anilines is 2. The van der Waals surface area contributed by atoms with E-state index in [-0.39, 0.29) is 5.56 Å². The van der Waals surface area contributed by atoms with Gasteiger partial charge in [-0.1, -0.05) is 0 Å². The number of aromatic carboxylic acids is 1. The van der Waals surface area contributed by atoms with E-state index >= 15 is 0 Å². The first-order valence-corrected chi connectivity index (χ1v) is 6.49. The van der Waals surface area contributed by atoms with Crippen molar-refractivity contribution in [2.24, 2.45) is 5.92 Å². The van der Waals surface area contributed by atoms with Crippen molar-refractivity contribution in [1.29, 1.82) is 0 Å². The van der Waals surface area contributed by atoms with Crippen molar-refractivity contribution < 1.29 is 14.6 Å². The molecule has 0 atom stereocenters. The van der Waals surface area contributed by atoms with Crippen molar-refractivity contribution in [2.45, 2.75) is 12.8 Å². The molecule has 0 saturated heterocycles. The maximum absolute atomic E-state index is 10.8. The number of carbonyl (C=O) groups is 1. The van der Waals surface area contributed by atoms with E-state index in [1.807, 2.05) is 11.9 Å². The molecule has 3 N–H and O–H groups in total. The summed E-state index contributed by atoms with van der Waals surface area (Å²) in [6.45, 7) is 2.25. The van der Waals surface area contributed by atoms with E-state index in [1.54, 1.807) is 12.1 Å². The summed E-state index contributed by atoms with van der Waals surface area (Å²) in [4.78, 5) is 12.8. The van der Waals surface area contributed by atoms with E-state index < -0.39 is 5.97 Å². The number of nitrogen functional groups attached to an aromatic ring is 1. The summed E-state index contributed by atoms with van der Waals surface area (Å²) in [5, 5.41) is 8.88. The van der Waals surface area contributed by atoms with E-state index in [1.165, 1.54) is 18.9 Å². The number of rotatable bonds is 7. The molecule has 0 unspecified atom stereocenters. The van der Waals surface area contributed by atoms with Crippen LogP contribution in [0.5, 0.6) is 0 Å². The number of hydrogen-bond donors (Lipinski definition) is 2. The smallest absolute Gasteiger partial charge is 0.335 e. The molecule has 1 saturated carbocycles. The second-order valence-electron chi connectivity index (χ2n) is 5.02. The molecular weight excluding hydrogens is 244 g/mol. The zero-order chi connectivity index (χ0) is 13.8. The lowest BCUT2D eigenvalue weighted by molar-refractivity contribution is 0.0697. The summed E-state index contributed by atoms with van der Waals surface area (Å²) < 4.78 is 5.57. The van der Waals surface area contributed by atoms with Crippen molar-refractivity contribution in [1.82, 2.24) is 0 Å². The largest absolute Gasteiger partial charge is 0.478 e. The van der Waals surface area contributed by atoms with E-state index in [0.717, 1.165) is 24.8 Å². The number of carboxylic acids is 1. The van der Waals surface area contributed by atoms with Gasteiger partial charge in [-0.05, 0) is 37.0 Å². The molecule has 0 heterocycles. The van der Waals surface area contributed by atoms with Crippen molar-refractivity contribution in [3.05, 3.63) is 23.8 Å². The number of carboxylic acid groups (broad SMARTS) is 1. The molecule has 0 amide bonds. The normalized spacial score (nSPS) is 14.4. The van der Waals surface area contributed by atoms with Crippen LogP contribution in [0.1, 0.15) is 23.2 Å². The zero-order valence-corrected chi connectivity index (χ0v) is 11.1. The van der Waals surface area contributed by atoms with Gasteiger partial charge in [0.15, 0.2) is 0 Å². The predicted molar refractivity (Wildman–Crippen MR) is 74.6 cm³/mol.